The Balaban J connectivity index is 1.71. The summed E-state index contributed by atoms with van der Waals surface area (Å²) in [6.07, 6.45) is 0.243. The number of rotatable bonds is 7. The average Bonchev–Trinajstić information content (AvgIpc) is 3.14. The molecule has 30 heavy (non-hydrogen) atoms. The Morgan fingerprint density at radius 1 is 1.30 bits per heavy atom. The third-order valence-corrected chi connectivity index (χ3v) is 5.43. The van der Waals surface area contributed by atoms with Gasteiger partial charge in [0.25, 0.3) is 0 Å². The number of halogens is 2. The molecule has 2 unspecified atom stereocenters. The first-order valence-corrected chi connectivity index (χ1v) is 10.1. The Hall–Kier alpha value is -2.85. The summed E-state index contributed by atoms with van der Waals surface area (Å²) < 4.78 is 20.7. The summed E-state index contributed by atoms with van der Waals surface area (Å²) in [5, 5.41) is 21.3. The number of nitrogens with one attached hydrogen (secondary N) is 2. The zero-order valence-electron chi connectivity index (χ0n) is 15.8. The molecule has 1 aliphatic rings. The number of thioether (sulfide) groups is 1. The summed E-state index contributed by atoms with van der Waals surface area (Å²) >= 11 is 7.27. The van der Waals surface area contributed by atoms with Crippen LogP contribution in [0.15, 0.2) is 46.6 Å². The van der Waals surface area contributed by atoms with Crippen LogP contribution < -0.4 is 15.4 Å². The van der Waals surface area contributed by atoms with Gasteiger partial charge in [0.2, 0.25) is 0 Å². The molecule has 2 amide bonds. The number of hydrogen-bond donors (Lipinski definition) is 3. The summed E-state index contributed by atoms with van der Waals surface area (Å²) in [6.45, 7) is -0.507. The number of aliphatic carboxylic acids is 1. The molecule has 2 aromatic carbocycles. The Bertz CT molecular complexity index is 991. The Morgan fingerprint density at radius 3 is 2.80 bits per heavy atom. The highest BCUT2D eigenvalue weighted by atomic mass is 35.5. The second kappa shape index (κ2) is 9.77. The SMILES string of the molecule is COc1ccc(CC2N=NC(NC(=O)NCC(=O)O)S2)c(F)c1-c1cccc(Cl)c1. The van der Waals surface area contributed by atoms with Crippen LogP contribution in [0, 0.1) is 5.82 Å². The molecule has 1 aliphatic heterocycles. The third kappa shape index (κ3) is 5.39. The number of carboxylic acid groups (broad SMARTS) is 1. The highest BCUT2D eigenvalue weighted by molar-refractivity contribution is 8.00. The third-order valence-electron chi connectivity index (χ3n) is 4.15. The first-order chi connectivity index (χ1) is 14.4. The van der Waals surface area contributed by atoms with Gasteiger partial charge in [-0.3, -0.25) is 4.79 Å². The van der Waals surface area contributed by atoms with E-state index in [2.05, 4.69) is 20.9 Å². The number of azo groups is 1. The lowest BCUT2D eigenvalue weighted by atomic mass is 9.99. The molecule has 158 valence electrons. The highest BCUT2D eigenvalue weighted by Gasteiger charge is 2.26. The number of amides is 2. The number of nitrogens with zero attached hydrogens (tertiary/aromatic N) is 2. The predicted molar refractivity (Wildman–Crippen MR) is 111 cm³/mol. The van der Waals surface area contributed by atoms with Crippen molar-refractivity contribution in [2.24, 2.45) is 10.2 Å². The molecular weight excluding hydrogens is 435 g/mol. The summed E-state index contributed by atoms with van der Waals surface area (Å²) in [5.74, 6) is -1.22. The minimum atomic E-state index is -1.16. The van der Waals surface area contributed by atoms with Crippen LogP contribution in [0.5, 0.6) is 5.75 Å². The van der Waals surface area contributed by atoms with E-state index in [1.54, 1.807) is 36.4 Å². The van der Waals surface area contributed by atoms with Gasteiger partial charge < -0.3 is 20.5 Å². The molecule has 0 aromatic heterocycles. The fourth-order valence-corrected chi connectivity index (χ4v) is 4.00. The average molecular weight is 453 g/mol. The van der Waals surface area contributed by atoms with E-state index in [1.165, 1.54) is 18.9 Å². The van der Waals surface area contributed by atoms with Gasteiger partial charge in [-0.2, -0.15) is 10.2 Å². The fourth-order valence-electron chi connectivity index (χ4n) is 2.84. The zero-order valence-corrected chi connectivity index (χ0v) is 17.3. The number of carbonyl (C=O) groups excluding carboxylic acids is 1. The van der Waals surface area contributed by atoms with Crippen molar-refractivity contribution in [3.05, 3.63) is 52.8 Å². The summed E-state index contributed by atoms with van der Waals surface area (Å²) in [6, 6.07) is 9.47. The van der Waals surface area contributed by atoms with Gasteiger partial charge in [-0.15, -0.1) is 0 Å². The van der Waals surface area contributed by atoms with Crippen molar-refractivity contribution in [1.82, 2.24) is 10.6 Å². The van der Waals surface area contributed by atoms with Crippen LogP contribution in [0.3, 0.4) is 0 Å². The second-order valence-corrected chi connectivity index (χ2v) is 7.92. The van der Waals surface area contributed by atoms with Gasteiger partial charge in [0.1, 0.15) is 23.5 Å². The van der Waals surface area contributed by atoms with E-state index in [-0.39, 0.29) is 6.42 Å². The Labute approximate surface area is 180 Å². The largest absolute Gasteiger partial charge is 0.496 e. The summed E-state index contributed by atoms with van der Waals surface area (Å²) in [4.78, 5) is 22.1. The maximum Gasteiger partial charge on any atom is 0.323 e. The molecule has 1 heterocycles. The molecule has 0 saturated carbocycles. The van der Waals surface area contributed by atoms with Gasteiger partial charge in [0, 0.05) is 11.4 Å². The van der Waals surface area contributed by atoms with Crippen LogP contribution in [-0.4, -0.2) is 41.6 Å². The molecule has 3 N–H and O–H groups in total. The van der Waals surface area contributed by atoms with Crippen LogP contribution in [-0.2, 0) is 11.2 Å². The summed E-state index contributed by atoms with van der Waals surface area (Å²) in [5.41, 5.74) is 0.630. The van der Waals surface area contributed by atoms with E-state index in [0.29, 0.717) is 27.5 Å². The van der Waals surface area contributed by atoms with Crippen molar-refractivity contribution in [3.8, 4) is 16.9 Å². The minimum Gasteiger partial charge on any atom is -0.496 e. The van der Waals surface area contributed by atoms with E-state index in [9.17, 15) is 9.59 Å². The maximum absolute atomic E-state index is 15.3. The van der Waals surface area contributed by atoms with Crippen molar-refractivity contribution in [2.45, 2.75) is 17.3 Å². The van der Waals surface area contributed by atoms with Crippen molar-refractivity contribution in [1.29, 1.82) is 0 Å². The number of benzene rings is 2. The zero-order chi connectivity index (χ0) is 21.7. The molecule has 11 heteroatoms. The van der Waals surface area contributed by atoms with Crippen LogP contribution in [0.25, 0.3) is 11.1 Å². The number of carbonyl (C=O) groups is 2. The van der Waals surface area contributed by atoms with Crippen LogP contribution >= 0.6 is 23.4 Å². The van der Waals surface area contributed by atoms with Gasteiger partial charge in [0.15, 0.2) is 5.50 Å². The smallest absolute Gasteiger partial charge is 0.323 e. The fraction of sp³-hybridized carbons (Fsp3) is 0.263. The maximum atomic E-state index is 15.3. The standard InChI is InChI=1S/C19H18ClFN4O4S/c1-29-13-6-5-11(17(21)16(13)10-3-2-4-12(20)7-10)8-14-24-25-19(30-14)23-18(28)22-9-15(26)27/h2-7,14,19H,8-9H2,1H3,(H,26,27)(H2,22,23,28). The molecule has 0 radical (unpaired) electrons. The molecule has 0 fully saturated rings. The van der Waals surface area contributed by atoms with E-state index in [4.69, 9.17) is 21.4 Å². The number of hydrogen-bond acceptors (Lipinski definition) is 6. The number of carboxylic acids is 1. The molecule has 0 spiro atoms. The lowest BCUT2D eigenvalue weighted by molar-refractivity contribution is -0.135. The molecule has 2 aromatic rings. The highest BCUT2D eigenvalue weighted by Crippen LogP contribution is 2.37. The Morgan fingerprint density at radius 2 is 2.10 bits per heavy atom. The van der Waals surface area contributed by atoms with E-state index >= 15 is 4.39 Å². The Kier molecular flexibility index (Phi) is 7.11. The summed E-state index contributed by atoms with van der Waals surface area (Å²) in [7, 11) is 1.47. The molecule has 3 rings (SSSR count). The number of urea groups is 1. The molecule has 0 saturated heterocycles. The molecule has 2 atom stereocenters. The van der Waals surface area contributed by atoms with Crippen LogP contribution in [0.2, 0.25) is 5.02 Å². The molecular formula is C19H18ClFN4O4S. The predicted octanol–water partition coefficient (Wildman–Crippen LogP) is 3.89. The lowest BCUT2D eigenvalue weighted by Crippen LogP contribution is -2.41. The number of methoxy groups -OCH3 is 1. The van der Waals surface area contributed by atoms with Crippen molar-refractivity contribution >= 4 is 35.4 Å². The van der Waals surface area contributed by atoms with Gasteiger partial charge in [-0.25, -0.2) is 9.18 Å². The van der Waals surface area contributed by atoms with Gasteiger partial charge in [-0.05, 0) is 29.3 Å². The number of ether oxygens (including phenoxy) is 1. The monoisotopic (exact) mass is 452 g/mol. The molecule has 0 aliphatic carbocycles. The normalized spacial score (nSPS) is 17.6. The van der Waals surface area contributed by atoms with Gasteiger partial charge in [-0.1, -0.05) is 41.6 Å². The minimum absolute atomic E-state index is 0.243. The van der Waals surface area contributed by atoms with E-state index in [1.807, 2.05) is 0 Å². The van der Waals surface area contributed by atoms with Gasteiger partial charge in [0.05, 0.1) is 12.7 Å². The van der Waals surface area contributed by atoms with Crippen LogP contribution in [0.4, 0.5) is 9.18 Å². The van der Waals surface area contributed by atoms with E-state index in [0.717, 1.165) is 0 Å². The first kappa shape index (κ1) is 21.8. The van der Waals surface area contributed by atoms with Gasteiger partial charge >= 0.3 is 12.0 Å². The first-order valence-electron chi connectivity index (χ1n) is 8.80. The van der Waals surface area contributed by atoms with E-state index < -0.39 is 35.2 Å². The van der Waals surface area contributed by atoms with Crippen molar-refractivity contribution in [2.75, 3.05) is 13.7 Å². The topological polar surface area (TPSA) is 112 Å². The quantitative estimate of drug-likeness (QED) is 0.590. The van der Waals surface area contributed by atoms with Crippen molar-refractivity contribution in [3.63, 3.8) is 0 Å². The molecule has 0 bridgehead atoms. The van der Waals surface area contributed by atoms with Crippen LogP contribution in [0.1, 0.15) is 5.56 Å². The second-order valence-electron chi connectivity index (χ2n) is 6.23. The molecule has 8 nitrogen and oxygen atoms in total. The van der Waals surface area contributed by atoms with Crippen molar-refractivity contribution < 1.29 is 23.8 Å². The lowest BCUT2D eigenvalue weighted by Gasteiger charge is -2.15.